The second-order valence-electron chi connectivity index (χ2n) is 5.44. The van der Waals surface area contributed by atoms with Crippen LogP contribution in [0.3, 0.4) is 0 Å². The minimum Gasteiger partial charge on any atom is -0.348 e. The van der Waals surface area contributed by atoms with Crippen LogP contribution in [0.1, 0.15) is 25.5 Å². The van der Waals surface area contributed by atoms with Crippen LogP contribution in [-0.4, -0.2) is 20.4 Å². The molecule has 1 amide bonds. The number of hydrogen-bond acceptors (Lipinski definition) is 3. The molecule has 0 radical (unpaired) electrons. The Morgan fingerprint density at radius 3 is 2.17 bits per heavy atom. The first-order chi connectivity index (χ1) is 11.3. The molecule has 24 heavy (non-hydrogen) atoms. The first kappa shape index (κ1) is 18.6. The van der Waals surface area contributed by atoms with Gasteiger partial charge in [-0.1, -0.05) is 46.3 Å². The van der Waals surface area contributed by atoms with Crippen molar-refractivity contribution in [3.63, 3.8) is 0 Å². The Bertz CT molecular complexity index is 792. The normalized spacial score (nSPS) is 14.0. The van der Waals surface area contributed by atoms with Crippen molar-refractivity contribution in [2.75, 3.05) is 0 Å². The lowest BCUT2D eigenvalue weighted by Crippen LogP contribution is -2.45. The molecule has 0 aromatic heterocycles. The average Bonchev–Trinajstić information content (AvgIpc) is 2.55. The van der Waals surface area contributed by atoms with Crippen LogP contribution in [0.4, 0.5) is 0 Å². The van der Waals surface area contributed by atoms with Crippen molar-refractivity contribution < 1.29 is 13.2 Å². The molecule has 2 aromatic carbocycles. The van der Waals surface area contributed by atoms with Crippen LogP contribution < -0.4 is 10.0 Å². The summed E-state index contributed by atoms with van der Waals surface area (Å²) in [4.78, 5) is 12.4. The third kappa shape index (κ3) is 4.90. The molecule has 128 valence electrons. The van der Waals surface area contributed by atoms with Gasteiger partial charge in [-0.15, -0.1) is 0 Å². The summed E-state index contributed by atoms with van der Waals surface area (Å²) in [5.74, 6) is -0.382. The van der Waals surface area contributed by atoms with Gasteiger partial charge in [-0.05, 0) is 43.7 Å². The fraction of sp³-hybridized carbons (Fsp3) is 0.235. The molecule has 2 atom stereocenters. The molecular weight excluding hydrogens is 392 g/mol. The van der Waals surface area contributed by atoms with Crippen molar-refractivity contribution in [2.45, 2.75) is 30.8 Å². The van der Waals surface area contributed by atoms with Gasteiger partial charge in [0.1, 0.15) is 0 Å². The van der Waals surface area contributed by atoms with E-state index in [0.29, 0.717) is 0 Å². The number of nitrogens with one attached hydrogen (secondary N) is 2. The number of hydrogen-bond donors (Lipinski definition) is 2. The molecule has 2 aromatic rings. The maximum atomic E-state index is 12.3. The Hall–Kier alpha value is -1.70. The average molecular weight is 411 g/mol. The smallest absolute Gasteiger partial charge is 0.241 e. The van der Waals surface area contributed by atoms with Crippen LogP contribution in [-0.2, 0) is 14.8 Å². The van der Waals surface area contributed by atoms with E-state index in [1.54, 1.807) is 12.1 Å². The lowest BCUT2D eigenvalue weighted by atomic mass is 10.1. The van der Waals surface area contributed by atoms with E-state index in [0.717, 1.165) is 10.0 Å². The molecule has 0 aliphatic carbocycles. The molecule has 0 saturated heterocycles. The minimum absolute atomic E-state index is 0.112. The van der Waals surface area contributed by atoms with E-state index in [4.69, 9.17) is 0 Å². The fourth-order valence-electron chi connectivity index (χ4n) is 2.13. The van der Waals surface area contributed by atoms with Crippen molar-refractivity contribution in [1.82, 2.24) is 10.0 Å². The number of sulfonamides is 1. The predicted molar refractivity (Wildman–Crippen MR) is 96.9 cm³/mol. The highest BCUT2D eigenvalue weighted by atomic mass is 79.9. The molecule has 0 fully saturated rings. The first-order valence-corrected chi connectivity index (χ1v) is 9.70. The van der Waals surface area contributed by atoms with Gasteiger partial charge in [0.2, 0.25) is 15.9 Å². The van der Waals surface area contributed by atoms with Crippen LogP contribution in [0.5, 0.6) is 0 Å². The molecule has 0 unspecified atom stereocenters. The number of carbonyl (C=O) groups excluding carboxylic acids is 1. The van der Waals surface area contributed by atoms with E-state index in [1.165, 1.54) is 19.1 Å². The van der Waals surface area contributed by atoms with Crippen molar-refractivity contribution in [1.29, 1.82) is 0 Å². The van der Waals surface area contributed by atoms with Crippen molar-refractivity contribution in [2.24, 2.45) is 0 Å². The lowest BCUT2D eigenvalue weighted by molar-refractivity contribution is -0.123. The zero-order valence-electron chi connectivity index (χ0n) is 13.4. The second-order valence-corrected chi connectivity index (χ2v) is 8.07. The molecule has 0 spiro atoms. The van der Waals surface area contributed by atoms with Gasteiger partial charge < -0.3 is 5.32 Å². The standard InChI is InChI=1S/C17H19BrN2O3S/c1-12(14-6-4-3-5-7-14)19-17(21)13(2)20-24(22,23)16-10-8-15(18)9-11-16/h3-13,20H,1-2H3,(H,19,21)/t12-,13-/m0/s1. The molecule has 0 bridgehead atoms. The maximum Gasteiger partial charge on any atom is 0.241 e. The Morgan fingerprint density at radius 1 is 1.00 bits per heavy atom. The molecule has 0 heterocycles. The summed E-state index contributed by atoms with van der Waals surface area (Å²) in [6.45, 7) is 3.37. The highest BCUT2D eigenvalue weighted by molar-refractivity contribution is 9.10. The van der Waals surface area contributed by atoms with Crippen LogP contribution in [0.2, 0.25) is 0 Å². The molecule has 0 aliphatic rings. The molecule has 0 aliphatic heterocycles. The topological polar surface area (TPSA) is 75.3 Å². The Morgan fingerprint density at radius 2 is 1.58 bits per heavy atom. The van der Waals surface area contributed by atoms with Crippen LogP contribution in [0.15, 0.2) is 64.0 Å². The number of benzene rings is 2. The number of amides is 1. The Labute approximate surface area is 150 Å². The number of rotatable bonds is 6. The van der Waals surface area contributed by atoms with Gasteiger partial charge in [-0.2, -0.15) is 4.72 Å². The summed E-state index contributed by atoms with van der Waals surface area (Å²) in [6.07, 6.45) is 0. The van der Waals surface area contributed by atoms with Gasteiger partial charge in [0, 0.05) is 4.47 Å². The Kier molecular flexibility index (Phi) is 6.15. The largest absolute Gasteiger partial charge is 0.348 e. The third-order valence-electron chi connectivity index (χ3n) is 3.51. The Balaban J connectivity index is 2.02. The van der Waals surface area contributed by atoms with Crippen LogP contribution in [0.25, 0.3) is 0 Å². The summed E-state index contributed by atoms with van der Waals surface area (Å²) >= 11 is 3.26. The lowest BCUT2D eigenvalue weighted by Gasteiger charge is -2.19. The molecule has 2 N–H and O–H groups in total. The fourth-order valence-corrected chi connectivity index (χ4v) is 3.60. The van der Waals surface area contributed by atoms with Gasteiger partial charge in [0.05, 0.1) is 17.0 Å². The summed E-state index contributed by atoms with van der Waals surface area (Å²) in [7, 11) is -3.75. The van der Waals surface area contributed by atoms with E-state index < -0.39 is 16.1 Å². The first-order valence-electron chi connectivity index (χ1n) is 7.43. The van der Waals surface area contributed by atoms with Crippen molar-refractivity contribution >= 4 is 31.9 Å². The van der Waals surface area contributed by atoms with Crippen LogP contribution in [0, 0.1) is 0 Å². The molecule has 7 heteroatoms. The second kappa shape index (κ2) is 7.92. The van der Waals surface area contributed by atoms with Crippen molar-refractivity contribution in [3.05, 3.63) is 64.6 Å². The van der Waals surface area contributed by atoms with E-state index in [9.17, 15) is 13.2 Å². The van der Waals surface area contributed by atoms with E-state index in [1.807, 2.05) is 37.3 Å². The third-order valence-corrected chi connectivity index (χ3v) is 5.59. The summed E-state index contributed by atoms with van der Waals surface area (Å²) in [5.41, 5.74) is 0.953. The minimum atomic E-state index is -3.75. The maximum absolute atomic E-state index is 12.3. The quantitative estimate of drug-likeness (QED) is 0.768. The SMILES string of the molecule is C[C@H](NS(=O)(=O)c1ccc(Br)cc1)C(=O)N[C@@H](C)c1ccccc1. The number of carbonyl (C=O) groups is 1. The summed E-state index contributed by atoms with van der Waals surface area (Å²) in [5, 5.41) is 2.81. The van der Waals surface area contributed by atoms with Gasteiger partial charge in [0.25, 0.3) is 0 Å². The van der Waals surface area contributed by atoms with Crippen LogP contribution >= 0.6 is 15.9 Å². The molecule has 2 rings (SSSR count). The highest BCUT2D eigenvalue weighted by Gasteiger charge is 2.23. The van der Waals surface area contributed by atoms with E-state index in [-0.39, 0.29) is 16.8 Å². The van der Waals surface area contributed by atoms with E-state index >= 15 is 0 Å². The predicted octanol–water partition coefficient (Wildman–Crippen LogP) is 2.99. The monoisotopic (exact) mass is 410 g/mol. The van der Waals surface area contributed by atoms with E-state index in [2.05, 4.69) is 26.0 Å². The number of halogens is 1. The van der Waals surface area contributed by atoms with Gasteiger partial charge in [-0.25, -0.2) is 8.42 Å². The molecule has 0 saturated carbocycles. The van der Waals surface area contributed by atoms with Gasteiger partial charge in [0.15, 0.2) is 0 Å². The summed E-state index contributed by atoms with van der Waals surface area (Å²) in [6, 6.07) is 14.6. The van der Waals surface area contributed by atoms with Crippen molar-refractivity contribution in [3.8, 4) is 0 Å². The zero-order chi connectivity index (χ0) is 17.7. The van der Waals surface area contributed by atoms with Gasteiger partial charge in [-0.3, -0.25) is 4.79 Å². The highest BCUT2D eigenvalue weighted by Crippen LogP contribution is 2.15. The molecular formula is C17H19BrN2O3S. The molecule has 5 nitrogen and oxygen atoms in total. The zero-order valence-corrected chi connectivity index (χ0v) is 15.8. The van der Waals surface area contributed by atoms with Gasteiger partial charge >= 0.3 is 0 Å². The summed E-state index contributed by atoms with van der Waals surface area (Å²) < 4.78 is 27.8.